The first kappa shape index (κ1) is 12.1. The van der Waals surface area contributed by atoms with Crippen molar-refractivity contribution in [3.63, 3.8) is 0 Å². The molecule has 0 bridgehead atoms. The lowest BCUT2D eigenvalue weighted by molar-refractivity contribution is 0.0697. The molecule has 0 radical (unpaired) electrons. The van der Waals surface area contributed by atoms with Crippen LogP contribution in [0.2, 0.25) is 0 Å². The van der Waals surface area contributed by atoms with Crippen LogP contribution in [-0.2, 0) is 0 Å². The number of hydrogen-bond donors (Lipinski definition) is 1. The van der Waals surface area contributed by atoms with E-state index in [1.54, 1.807) is 31.2 Å². The van der Waals surface area contributed by atoms with Crippen molar-refractivity contribution in [1.82, 2.24) is 19.5 Å². The molecule has 20 heavy (non-hydrogen) atoms. The summed E-state index contributed by atoms with van der Waals surface area (Å²) in [5.74, 6) is -1.08. The SMILES string of the molecule is Cc1c(C(=O)O)c2ccccc2c(=O)n1-n1cnnc1. The standard InChI is InChI=1S/C13H10N4O3/c1-8-11(13(19)20)9-4-2-3-5-10(9)12(18)17(8)16-6-14-15-7-16/h2-7H,1H3,(H,19,20). The van der Waals surface area contributed by atoms with Crippen molar-refractivity contribution in [2.24, 2.45) is 0 Å². The number of fused-ring (bicyclic) bond motifs is 1. The first-order valence-electron chi connectivity index (χ1n) is 5.84. The van der Waals surface area contributed by atoms with Crippen LogP contribution in [0.5, 0.6) is 0 Å². The molecule has 0 atom stereocenters. The summed E-state index contributed by atoms with van der Waals surface area (Å²) >= 11 is 0. The molecule has 3 aromatic rings. The predicted molar refractivity (Wildman–Crippen MR) is 70.7 cm³/mol. The molecule has 100 valence electrons. The summed E-state index contributed by atoms with van der Waals surface area (Å²) in [6.45, 7) is 1.58. The van der Waals surface area contributed by atoms with Crippen LogP contribution in [0.1, 0.15) is 16.1 Å². The average molecular weight is 270 g/mol. The Bertz CT molecular complexity index is 865. The molecule has 1 aromatic carbocycles. The minimum Gasteiger partial charge on any atom is -0.478 e. The van der Waals surface area contributed by atoms with Crippen LogP contribution in [0.15, 0.2) is 41.7 Å². The van der Waals surface area contributed by atoms with Crippen molar-refractivity contribution in [2.75, 3.05) is 0 Å². The quantitative estimate of drug-likeness (QED) is 0.747. The van der Waals surface area contributed by atoms with Crippen LogP contribution in [0, 0.1) is 6.92 Å². The molecular weight excluding hydrogens is 260 g/mol. The third-order valence-electron chi connectivity index (χ3n) is 3.15. The molecule has 0 aliphatic carbocycles. The third-order valence-corrected chi connectivity index (χ3v) is 3.15. The highest BCUT2D eigenvalue weighted by Gasteiger charge is 2.19. The van der Waals surface area contributed by atoms with Gasteiger partial charge < -0.3 is 5.11 Å². The summed E-state index contributed by atoms with van der Waals surface area (Å²) in [4.78, 5) is 24.0. The molecule has 7 heteroatoms. The lowest BCUT2D eigenvalue weighted by Crippen LogP contribution is -2.29. The first-order chi connectivity index (χ1) is 9.61. The van der Waals surface area contributed by atoms with Gasteiger partial charge in [0.2, 0.25) is 0 Å². The maximum Gasteiger partial charge on any atom is 0.338 e. The number of pyridine rings is 1. The Labute approximate surface area is 112 Å². The average Bonchev–Trinajstić information content (AvgIpc) is 2.92. The summed E-state index contributed by atoms with van der Waals surface area (Å²) in [6, 6.07) is 6.63. The van der Waals surface area contributed by atoms with Gasteiger partial charge in [0, 0.05) is 10.8 Å². The van der Waals surface area contributed by atoms with E-state index < -0.39 is 5.97 Å². The summed E-state index contributed by atoms with van der Waals surface area (Å²) in [6.07, 6.45) is 2.68. The van der Waals surface area contributed by atoms with Crippen LogP contribution < -0.4 is 5.56 Å². The maximum absolute atomic E-state index is 12.5. The third kappa shape index (κ3) is 1.60. The molecule has 0 saturated carbocycles. The number of aromatic carboxylic acids is 1. The van der Waals surface area contributed by atoms with Crippen molar-refractivity contribution in [2.45, 2.75) is 6.92 Å². The largest absolute Gasteiger partial charge is 0.478 e. The molecule has 2 aromatic heterocycles. The van der Waals surface area contributed by atoms with E-state index >= 15 is 0 Å². The molecule has 0 unspecified atom stereocenters. The Balaban J connectivity index is 2.55. The van der Waals surface area contributed by atoms with Crippen LogP contribution in [0.4, 0.5) is 0 Å². The van der Waals surface area contributed by atoms with Gasteiger partial charge in [0.1, 0.15) is 12.7 Å². The van der Waals surface area contributed by atoms with Crippen molar-refractivity contribution in [1.29, 1.82) is 0 Å². The molecule has 0 spiro atoms. The van der Waals surface area contributed by atoms with E-state index in [4.69, 9.17) is 0 Å². The first-order valence-corrected chi connectivity index (χ1v) is 5.84. The number of aromatic nitrogens is 4. The highest BCUT2D eigenvalue weighted by molar-refractivity contribution is 6.04. The van der Waals surface area contributed by atoms with E-state index in [0.717, 1.165) is 0 Å². The Morgan fingerprint density at radius 1 is 1.15 bits per heavy atom. The van der Waals surface area contributed by atoms with E-state index in [0.29, 0.717) is 16.5 Å². The van der Waals surface area contributed by atoms with E-state index in [1.165, 1.54) is 22.0 Å². The zero-order valence-corrected chi connectivity index (χ0v) is 10.5. The van der Waals surface area contributed by atoms with Gasteiger partial charge in [0.15, 0.2) is 0 Å². The molecule has 7 nitrogen and oxygen atoms in total. The maximum atomic E-state index is 12.5. The zero-order valence-electron chi connectivity index (χ0n) is 10.5. The smallest absolute Gasteiger partial charge is 0.338 e. The van der Waals surface area contributed by atoms with Crippen molar-refractivity contribution in [3.05, 3.63) is 58.5 Å². The second kappa shape index (κ2) is 4.30. The molecule has 0 saturated heterocycles. The lowest BCUT2D eigenvalue weighted by atomic mass is 10.0. The second-order valence-corrected chi connectivity index (χ2v) is 4.27. The van der Waals surface area contributed by atoms with Gasteiger partial charge in [-0.15, -0.1) is 10.2 Å². The number of hydrogen-bond acceptors (Lipinski definition) is 4. The number of benzene rings is 1. The second-order valence-electron chi connectivity index (χ2n) is 4.27. The van der Waals surface area contributed by atoms with Crippen LogP contribution in [0.25, 0.3) is 10.8 Å². The lowest BCUT2D eigenvalue weighted by Gasteiger charge is -2.14. The number of nitrogens with zero attached hydrogens (tertiary/aromatic N) is 4. The van der Waals surface area contributed by atoms with Gasteiger partial charge in [-0.2, -0.15) is 0 Å². The minimum absolute atomic E-state index is 0.0916. The van der Waals surface area contributed by atoms with Gasteiger partial charge >= 0.3 is 5.97 Å². The van der Waals surface area contributed by atoms with Gasteiger partial charge in [-0.25, -0.2) is 14.1 Å². The molecule has 0 aliphatic rings. The van der Waals surface area contributed by atoms with E-state index in [-0.39, 0.29) is 11.1 Å². The fourth-order valence-corrected chi connectivity index (χ4v) is 2.30. The van der Waals surface area contributed by atoms with E-state index in [1.807, 2.05) is 0 Å². The topological polar surface area (TPSA) is 90.0 Å². The normalized spacial score (nSPS) is 10.8. The van der Waals surface area contributed by atoms with Crippen molar-refractivity contribution in [3.8, 4) is 0 Å². The van der Waals surface area contributed by atoms with Gasteiger partial charge in [0.05, 0.1) is 11.3 Å². The fraction of sp³-hybridized carbons (Fsp3) is 0.0769. The Morgan fingerprint density at radius 2 is 1.75 bits per heavy atom. The molecule has 3 rings (SSSR count). The molecule has 0 aliphatic heterocycles. The molecular formula is C13H10N4O3. The number of carboxylic acid groups (broad SMARTS) is 1. The summed E-state index contributed by atoms with van der Waals surface area (Å²) in [7, 11) is 0. The fourth-order valence-electron chi connectivity index (χ4n) is 2.30. The van der Waals surface area contributed by atoms with Crippen LogP contribution >= 0.6 is 0 Å². The van der Waals surface area contributed by atoms with E-state index in [9.17, 15) is 14.7 Å². The molecule has 1 N–H and O–H groups in total. The summed E-state index contributed by atoms with van der Waals surface area (Å²) in [5, 5.41) is 17.5. The summed E-state index contributed by atoms with van der Waals surface area (Å²) in [5.41, 5.74) is 0.0952. The zero-order chi connectivity index (χ0) is 14.3. The van der Waals surface area contributed by atoms with Crippen molar-refractivity contribution < 1.29 is 9.90 Å². The predicted octanol–water partition coefficient (Wildman–Crippen LogP) is 0.911. The number of rotatable bonds is 2. The minimum atomic E-state index is -1.08. The van der Waals surface area contributed by atoms with Crippen molar-refractivity contribution >= 4 is 16.7 Å². The van der Waals surface area contributed by atoms with Crippen LogP contribution in [0.3, 0.4) is 0 Å². The highest BCUT2D eigenvalue weighted by atomic mass is 16.4. The van der Waals surface area contributed by atoms with Gasteiger partial charge in [-0.1, -0.05) is 18.2 Å². The monoisotopic (exact) mass is 270 g/mol. The number of carboxylic acids is 1. The van der Waals surface area contributed by atoms with E-state index in [2.05, 4.69) is 10.2 Å². The van der Waals surface area contributed by atoms with Crippen LogP contribution in [-0.4, -0.2) is 30.6 Å². The Morgan fingerprint density at radius 3 is 2.35 bits per heavy atom. The molecule has 0 fully saturated rings. The van der Waals surface area contributed by atoms with Gasteiger partial charge in [0.25, 0.3) is 5.56 Å². The van der Waals surface area contributed by atoms with Gasteiger partial charge in [-0.3, -0.25) is 4.79 Å². The number of carbonyl (C=O) groups is 1. The molecule has 0 amide bonds. The summed E-state index contributed by atoms with van der Waals surface area (Å²) < 4.78 is 2.60. The Hall–Kier alpha value is -2.96. The molecule has 2 heterocycles. The Kier molecular flexibility index (Phi) is 2.60. The van der Waals surface area contributed by atoms with Gasteiger partial charge in [-0.05, 0) is 13.0 Å². The highest BCUT2D eigenvalue weighted by Crippen LogP contribution is 2.19.